The number of hydrogen-bond donors (Lipinski definition) is 3. The SMILES string of the molecule is CNC(O)C1=CC=C(Cl)NC1. The van der Waals surface area contributed by atoms with E-state index >= 15 is 0 Å². The zero-order valence-electron chi connectivity index (χ0n) is 6.26. The van der Waals surface area contributed by atoms with E-state index in [-0.39, 0.29) is 0 Å². The zero-order valence-corrected chi connectivity index (χ0v) is 7.02. The number of hydrogen-bond acceptors (Lipinski definition) is 3. The first kappa shape index (κ1) is 8.59. The molecular weight excluding hydrogens is 164 g/mol. The van der Waals surface area contributed by atoms with E-state index in [2.05, 4.69) is 10.6 Å². The fraction of sp³-hybridized carbons (Fsp3) is 0.429. The molecule has 0 saturated carbocycles. The molecule has 0 bridgehead atoms. The Hall–Kier alpha value is -0.510. The quantitative estimate of drug-likeness (QED) is 0.412. The number of dihydropyridines is 1. The van der Waals surface area contributed by atoms with Gasteiger partial charge in [-0.25, -0.2) is 0 Å². The molecule has 0 radical (unpaired) electrons. The third-order valence-electron chi connectivity index (χ3n) is 1.53. The van der Waals surface area contributed by atoms with Crippen LogP contribution in [0.5, 0.6) is 0 Å². The summed E-state index contributed by atoms with van der Waals surface area (Å²) in [5.74, 6) is 0. The lowest BCUT2D eigenvalue weighted by Gasteiger charge is -2.17. The second kappa shape index (κ2) is 3.76. The van der Waals surface area contributed by atoms with Crippen molar-refractivity contribution in [3.8, 4) is 0 Å². The first-order chi connectivity index (χ1) is 5.24. The van der Waals surface area contributed by atoms with E-state index in [4.69, 9.17) is 11.6 Å². The Kier molecular flexibility index (Phi) is 2.93. The maximum Gasteiger partial charge on any atom is 0.128 e. The molecule has 0 aliphatic carbocycles. The molecule has 1 aliphatic rings. The average Bonchev–Trinajstić information content (AvgIpc) is 2.05. The number of aliphatic hydroxyl groups is 1. The van der Waals surface area contributed by atoms with Crippen molar-refractivity contribution in [2.45, 2.75) is 6.23 Å². The van der Waals surface area contributed by atoms with Gasteiger partial charge >= 0.3 is 0 Å². The van der Waals surface area contributed by atoms with E-state index in [0.29, 0.717) is 11.7 Å². The molecule has 62 valence electrons. The highest BCUT2D eigenvalue weighted by Gasteiger charge is 2.09. The van der Waals surface area contributed by atoms with Crippen LogP contribution < -0.4 is 10.6 Å². The highest BCUT2D eigenvalue weighted by Crippen LogP contribution is 2.08. The first-order valence-electron chi connectivity index (χ1n) is 3.39. The molecule has 0 aromatic carbocycles. The number of allylic oxidation sites excluding steroid dienone is 2. The minimum absolute atomic E-state index is 0.580. The summed E-state index contributed by atoms with van der Waals surface area (Å²) in [6.45, 7) is 0.595. The van der Waals surface area contributed by atoms with Gasteiger partial charge in [-0.2, -0.15) is 0 Å². The normalized spacial score (nSPS) is 19.9. The minimum atomic E-state index is -0.580. The zero-order chi connectivity index (χ0) is 8.27. The minimum Gasteiger partial charge on any atom is -0.375 e. The summed E-state index contributed by atoms with van der Waals surface area (Å²) in [6.07, 6.45) is 2.95. The molecule has 3 nitrogen and oxygen atoms in total. The van der Waals surface area contributed by atoms with Gasteiger partial charge in [0.05, 0.1) is 0 Å². The van der Waals surface area contributed by atoms with Crippen LogP contribution in [-0.4, -0.2) is 24.9 Å². The molecular formula is C7H11ClN2O. The molecule has 1 rings (SSSR count). The number of halogens is 1. The van der Waals surface area contributed by atoms with E-state index < -0.39 is 6.23 Å². The van der Waals surface area contributed by atoms with Gasteiger partial charge < -0.3 is 10.4 Å². The van der Waals surface area contributed by atoms with Crippen LogP contribution in [0.4, 0.5) is 0 Å². The van der Waals surface area contributed by atoms with Gasteiger partial charge in [0.15, 0.2) is 0 Å². The predicted molar refractivity (Wildman–Crippen MR) is 45.1 cm³/mol. The molecule has 11 heavy (non-hydrogen) atoms. The van der Waals surface area contributed by atoms with Gasteiger partial charge in [0, 0.05) is 6.54 Å². The molecule has 0 saturated heterocycles. The summed E-state index contributed by atoms with van der Waals surface area (Å²) in [5, 5.41) is 15.5. The second-order valence-electron chi connectivity index (χ2n) is 2.30. The summed E-state index contributed by atoms with van der Waals surface area (Å²) >= 11 is 5.63. The van der Waals surface area contributed by atoms with E-state index in [9.17, 15) is 5.11 Å². The Morgan fingerprint density at radius 3 is 2.91 bits per heavy atom. The number of aliphatic hydroxyl groups excluding tert-OH is 1. The highest BCUT2D eigenvalue weighted by molar-refractivity contribution is 6.29. The van der Waals surface area contributed by atoms with Crippen molar-refractivity contribution in [1.82, 2.24) is 10.6 Å². The van der Waals surface area contributed by atoms with Crippen molar-refractivity contribution in [2.75, 3.05) is 13.6 Å². The average molecular weight is 175 g/mol. The van der Waals surface area contributed by atoms with Gasteiger partial charge in [-0.1, -0.05) is 17.7 Å². The molecule has 1 aliphatic heterocycles. The lowest BCUT2D eigenvalue weighted by molar-refractivity contribution is 0.180. The monoisotopic (exact) mass is 174 g/mol. The first-order valence-corrected chi connectivity index (χ1v) is 3.77. The summed E-state index contributed by atoms with van der Waals surface area (Å²) in [5.41, 5.74) is 0.886. The molecule has 1 atom stereocenters. The Balaban J connectivity index is 2.60. The van der Waals surface area contributed by atoms with Gasteiger partial charge in [-0.05, 0) is 18.7 Å². The molecule has 0 amide bonds. The van der Waals surface area contributed by atoms with Crippen molar-refractivity contribution >= 4 is 11.6 Å². The lowest BCUT2D eigenvalue weighted by atomic mass is 10.2. The van der Waals surface area contributed by atoms with Crippen molar-refractivity contribution in [3.63, 3.8) is 0 Å². The molecule has 0 spiro atoms. The smallest absolute Gasteiger partial charge is 0.128 e. The van der Waals surface area contributed by atoms with Gasteiger partial charge in [0.25, 0.3) is 0 Å². The number of rotatable bonds is 2. The Morgan fingerprint density at radius 2 is 2.45 bits per heavy atom. The van der Waals surface area contributed by atoms with E-state index in [1.54, 1.807) is 19.2 Å². The Labute approximate surface area is 70.7 Å². The molecule has 1 unspecified atom stereocenters. The van der Waals surface area contributed by atoms with Crippen LogP contribution >= 0.6 is 11.6 Å². The van der Waals surface area contributed by atoms with Crippen molar-refractivity contribution in [1.29, 1.82) is 0 Å². The third kappa shape index (κ3) is 2.22. The molecule has 0 aromatic rings. The van der Waals surface area contributed by atoms with Crippen LogP contribution in [0.3, 0.4) is 0 Å². The Bertz CT molecular complexity index is 201. The van der Waals surface area contributed by atoms with Crippen molar-refractivity contribution in [2.24, 2.45) is 0 Å². The lowest BCUT2D eigenvalue weighted by Crippen LogP contribution is -2.32. The summed E-state index contributed by atoms with van der Waals surface area (Å²) in [4.78, 5) is 0. The van der Waals surface area contributed by atoms with E-state index in [1.165, 1.54) is 0 Å². The van der Waals surface area contributed by atoms with Crippen LogP contribution in [-0.2, 0) is 0 Å². The van der Waals surface area contributed by atoms with Crippen molar-refractivity contribution in [3.05, 3.63) is 22.9 Å². The fourth-order valence-electron chi connectivity index (χ4n) is 0.858. The summed E-state index contributed by atoms with van der Waals surface area (Å²) < 4.78 is 0. The number of nitrogens with one attached hydrogen (secondary N) is 2. The topological polar surface area (TPSA) is 44.3 Å². The van der Waals surface area contributed by atoms with Crippen LogP contribution in [0.1, 0.15) is 0 Å². The molecule has 3 N–H and O–H groups in total. The van der Waals surface area contributed by atoms with Gasteiger partial charge in [-0.15, -0.1) is 0 Å². The standard InChI is InChI=1S/C7H11ClN2O/c1-9-7(11)5-2-3-6(8)10-4-5/h2-3,7,9-11H,4H2,1H3. The molecule has 1 heterocycles. The maximum atomic E-state index is 9.28. The fourth-order valence-corrected chi connectivity index (χ4v) is 0.988. The van der Waals surface area contributed by atoms with Crippen molar-refractivity contribution < 1.29 is 5.11 Å². The van der Waals surface area contributed by atoms with Gasteiger partial charge in [0.2, 0.25) is 0 Å². The van der Waals surface area contributed by atoms with Gasteiger partial charge in [-0.3, -0.25) is 5.32 Å². The van der Waals surface area contributed by atoms with E-state index in [0.717, 1.165) is 5.57 Å². The predicted octanol–water partition coefficient (Wildman–Crippen LogP) is 0.134. The highest BCUT2D eigenvalue weighted by atomic mass is 35.5. The van der Waals surface area contributed by atoms with Crippen LogP contribution in [0, 0.1) is 0 Å². The molecule has 0 fully saturated rings. The summed E-state index contributed by atoms with van der Waals surface area (Å²) in [7, 11) is 1.70. The van der Waals surface area contributed by atoms with Crippen LogP contribution in [0.2, 0.25) is 0 Å². The van der Waals surface area contributed by atoms with Crippen LogP contribution in [0.15, 0.2) is 22.9 Å². The number of likely N-dealkylation sites (N-methyl/N-ethyl adjacent to an activating group) is 1. The molecule has 4 heteroatoms. The third-order valence-corrected chi connectivity index (χ3v) is 1.79. The second-order valence-corrected chi connectivity index (χ2v) is 2.71. The van der Waals surface area contributed by atoms with E-state index in [1.807, 2.05) is 0 Å². The molecule has 0 aromatic heterocycles. The van der Waals surface area contributed by atoms with Crippen LogP contribution in [0.25, 0.3) is 0 Å². The summed E-state index contributed by atoms with van der Waals surface area (Å²) in [6, 6.07) is 0. The maximum absolute atomic E-state index is 9.28. The largest absolute Gasteiger partial charge is 0.375 e. The Morgan fingerprint density at radius 1 is 1.73 bits per heavy atom. The van der Waals surface area contributed by atoms with Gasteiger partial charge in [0.1, 0.15) is 11.4 Å².